The summed E-state index contributed by atoms with van der Waals surface area (Å²) in [5, 5.41) is 70.3. The van der Waals surface area contributed by atoms with E-state index in [2.05, 4.69) is 0 Å². The maximum Gasteiger partial charge on any atom is 0.331 e. The molecule has 0 bridgehead atoms. The number of hydrogen-bond donors (Lipinski definition) is 7. The van der Waals surface area contributed by atoms with Crippen LogP contribution in [0.1, 0.15) is 17.5 Å². The number of aromatic hydroxyl groups is 1. The van der Waals surface area contributed by atoms with E-state index in [-0.39, 0.29) is 47.3 Å². The van der Waals surface area contributed by atoms with E-state index in [1.807, 2.05) is 0 Å². The van der Waals surface area contributed by atoms with Crippen LogP contribution in [0, 0.1) is 0 Å². The number of aliphatic carboxylic acids is 1. The van der Waals surface area contributed by atoms with E-state index in [1.54, 1.807) is 6.07 Å². The number of fused-ring (bicyclic) bond motifs is 2. The fourth-order valence-corrected chi connectivity index (χ4v) is 5.25. The van der Waals surface area contributed by atoms with Crippen molar-refractivity contribution in [2.45, 2.75) is 62.2 Å². The Morgan fingerprint density at radius 3 is 2.51 bits per heavy atom. The normalized spacial score (nSPS) is 28.6. The smallest absolute Gasteiger partial charge is 0.331 e. The zero-order chi connectivity index (χ0) is 31.0. The molecule has 2 aromatic carbocycles. The molecule has 14 nitrogen and oxygen atoms in total. The molecular formula is C29H30O14. The van der Waals surface area contributed by atoms with E-state index in [1.165, 1.54) is 30.4 Å². The van der Waals surface area contributed by atoms with Gasteiger partial charge in [0.1, 0.15) is 54.7 Å². The Morgan fingerprint density at radius 1 is 1.00 bits per heavy atom. The van der Waals surface area contributed by atoms with Crippen molar-refractivity contribution >= 4 is 22.7 Å². The highest BCUT2D eigenvalue weighted by Gasteiger charge is 2.43. The third-order valence-corrected chi connectivity index (χ3v) is 7.53. The molecule has 0 radical (unpaired) electrons. The number of aliphatic hydroxyl groups is 5. The maximum absolute atomic E-state index is 13.6. The number of esters is 1. The van der Waals surface area contributed by atoms with Crippen LogP contribution in [0.3, 0.4) is 0 Å². The van der Waals surface area contributed by atoms with Gasteiger partial charge in [0.2, 0.25) is 5.43 Å². The SMILES string of the molecule is O=C(O)Cc1ccc2cc(CCOC3CC4OC(=O)C=C4C=C3O)cc(OC[C@H]3OC(O)[C@H](O)[C@H](O)C3O)c(=O)c2c1O. The maximum atomic E-state index is 13.6. The van der Waals surface area contributed by atoms with Gasteiger partial charge in [-0.25, -0.2) is 4.79 Å². The van der Waals surface area contributed by atoms with Crippen LogP contribution < -0.4 is 10.2 Å². The molecule has 0 saturated carbocycles. The topological polar surface area (TPSA) is 230 Å². The average Bonchev–Trinajstić information content (AvgIpc) is 3.24. The second-order valence-electron chi connectivity index (χ2n) is 10.5. The van der Waals surface area contributed by atoms with Gasteiger partial charge in [-0.15, -0.1) is 0 Å². The first kappa shape index (κ1) is 30.4. The van der Waals surface area contributed by atoms with Crippen molar-refractivity contribution < 1.29 is 64.3 Å². The first-order valence-electron chi connectivity index (χ1n) is 13.4. The van der Waals surface area contributed by atoms with Crippen LogP contribution in [0.2, 0.25) is 0 Å². The fraction of sp³-hybridized carbons (Fsp3) is 0.414. The van der Waals surface area contributed by atoms with Gasteiger partial charge in [-0.2, -0.15) is 0 Å². The van der Waals surface area contributed by atoms with Crippen molar-refractivity contribution in [3.8, 4) is 11.5 Å². The molecule has 230 valence electrons. The summed E-state index contributed by atoms with van der Waals surface area (Å²) in [7, 11) is 0. The molecule has 43 heavy (non-hydrogen) atoms. The van der Waals surface area contributed by atoms with Gasteiger partial charge in [0.25, 0.3) is 0 Å². The quantitative estimate of drug-likeness (QED) is 0.177. The number of benzene rings is 1. The molecule has 2 heterocycles. The van der Waals surface area contributed by atoms with Crippen molar-refractivity contribution in [1.29, 1.82) is 0 Å². The first-order chi connectivity index (χ1) is 20.4. The number of carbonyl (C=O) groups excluding carboxylic acids is 1. The van der Waals surface area contributed by atoms with Crippen LogP contribution in [0.25, 0.3) is 10.8 Å². The lowest BCUT2D eigenvalue weighted by Gasteiger charge is -2.37. The average molecular weight is 603 g/mol. The van der Waals surface area contributed by atoms with Gasteiger partial charge >= 0.3 is 11.9 Å². The molecule has 7 N–H and O–H groups in total. The molecular weight excluding hydrogens is 572 g/mol. The van der Waals surface area contributed by atoms with Crippen molar-refractivity contribution in [1.82, 2.24) is 0 Å². The van der Waals surface area contributed by atoms with E-state index in [4.69, 9.17) is 18.9 Å². The number of rotatable bonds is 9. The molecule has 1 saturated heterocycles. The second-order valence-corrected chi connectivity index (χ2v) is 10.5. The minimum absolute atomic E-state index is 0.00834. The number of carboxylic acid groups (broad SMARTS) is 1. The standard InChI is InChI=1S/C29H30O14/c30-16-7-15-9-22(33)42-17(15)10-18(16)40-4-3-12-5-13-1-2-14(8-21(31)32)24(34)23(13)25(35)19(6-12)41-11-20-26(36)27(37)28(38)29(39)43-20/h1-2,5-7,9,17-18,20,26-30,34,36-39H,3-4,8,10-11H2,(H,31,32)/t17?,18?,20-,26?,27-,28-,29?/m1/s1. The summed E-state index contributed by atoms with van der Waals surface area (Å²) >= 11 is 0. The van der Waals surface area contributed by atoms with E-state index < -0.39 is 79.1 Å². The number of phenols is 1. The van der Waals surface area contributed by atoms with Gasteiger partial charge in [-0.3, -0.25) is 9.59 Å². The molecule has 0 spiro atoms. The lowest BCUT2D eigenvalue weighted by molar-refractivity contribution is -0.285. The molecule has 3 aliphatic rings. The van der Waals surface area contributed by atoms with E-state index in [9.17, 15) is 50.1 Å². The largest absolute Gasteiger partial charge is 0.510 e. The van der Waals surface area contributed by atoms with E-state index in [0.29, 0.717) is 11.1 Å². The predicted octanol–water partition coefficient (Wildman–Crippen LogP) is -0.663. The Balaban J connectivity index is 1.42. The van der Waals surface area contributed by atoms with Crippen LogP contribution in [0.4, 0.5) is 0 Å². The minimum atomic E-state index is -1.83. The Morgan fingerprint density at radius 2 is 1.77 bits per heavy atom. The number of aliphatic hydroxyl groups excluding tert-OH is 5. The number of ether oxygens (including phenoxy) is 4. The van der Waals surface area contributed by atoms with Gasteiger partial charge in [-0.1, -0.05) is 18.2 Å². The summed E-state index contributed by atoms with van der Waals surface area (Å²) in [6.45, 7) is -0.518. The predicted molar refractivity (Wildman–Crippen MR) is 144 cm³/mol. The second kappa shape index (κ2) is 12.3. The lowest BCUT2D eigenvalue weighted by atomic mass is 9.96. The van der Waals surface area contributed by atoms with Crippen LogP contribution in [0.15, 0.2) is 52.5 Å². The molecule has 2 aromatic rings. The summed E-state index contributed by atoms with van der Waals surface area (Å²) in [4.78, 5) is 36.4. The molecule has 1 fully saturated rings. The molecule has 0 aromatic heterocycles. The van der Waals surface area contributed by atoms with Crippen molar-refractivity contribution in [3.63, 3.8) is 0 Å². The zero-order valence-corrected chi connectivity index (χ0v) is 22.5. The number of carbonyl (C=O) groups is 2. The van der Waals surface area contributed by atoms with Crippen LogP contribution in [-0.2, 0) is 36.6 Å². The summed E-state index contributed by atoms with van der Waals surface area (Å²) < 4.78 is 21.8. The van der Waals surface area contributed by atoms with Gasteiger partial charge in [0.15, 0.2) is 12.0 Å². The van der Waals surface area contributed by atoms with E-state index in [0.717, 1.165) is 0 Å². The van der Waals surface area contributed by atoms with Crippen molar-refractivity contribution in [3.05, 3.63) is 69.1 Å². The molecule has 4 unspecified atom stereocenters. The third kappa shape index (κ3) is 6.34. The molecule has 1 aliphatic carbocycles. The monoisotopic (exact) mass is 602 g/mol. The first-order valence-corrected chi connectivity index (χ1v) is 13.4. The lowest BCUT2D eigenvalue weighted by Crippen LogP contribution is -2.58. The highest BCUT2D eigenvalue weighted by Crippen LogP contribution is 2.32. The van der Waals surface area contributed by atoms with Crippen LogP contribution in [0.5, 0.6) is 11.5 Å². The summed E-state index contributed by atoms with van der Waals surface area (Å²) in [5.74, 6) is -2.69. The highest BCUT2D eigenvalue weighted by molar-refractivity contribution is 5.91. The molecule has 5 rings (SSSR count). The Kier molecular flexibility index (Phi) is 8.69. The summed E-state index contributed by atoms with van der Waals surface area (Å²) in [5.41, 5.74) is 0.206. The molecule has 7 atom stereocenters. The fourth-order valence-electron chi connectivity index (χ4n) is 5.25. The number of phenolic OH excluding ortho intramolecular Hbond substituents is 1. The van der Waals surface area contributed by atoms with Crippen molar-refractivity contribution in [2.24, 2.45) is 0 Å². The molecule has 2 aliphatic heterocycles. The third-order valence-electron chi connectivity index (χ3n) is 7.53. The number of carboxylic acids is 1. The van der Waals surface area contributed by atoms with Crippen LogP contribution >= 0.6 is 0 Å². The zero-order valence-electron chi connectivity index (χ0n) is 22.5. The van der Waals surface area contributed by atoms with Gasteiger partial charge in [0.05, 0.1) is 18.4 Å². The minimum Gasteiger partial charge on any atom is -0.510 e. The highest BCUT2D eigenvalue weighted by atomic mass is 16.6. The number of hydrogen-bond acceptors (Lipinski definition) is 13. The Hall–Kier alpha value is -4.05. The van der Waals surface area contributed by atoms with Gasteiger partial charge in [-0.05, 0) is 29.5 Å². The van der Waals surface area contributed by atoms with Crippen LogP contribution in [-0.4, -0.2) is 104 Å². The molecule has 14 heteroatoms. The van der Waals surface area contributed by atoms with Gasteiger partial charge < -0.3 is 54.7 Å². The van der Waals surface area contributed by atoms with Gasteiger partial charge in [0, 0.05) is 23.6 Å². The Bertz CT molecular complexity index is 1550. The summed E-state index contributed by atoms with van der Waals surface area (Å²) in [6.07, 6.45) is -7.12. The Labute approximate surface area is 243 Å². The summed E-state index contributed by atoms with van der Waals surface area (Å²) in [6, 6.07) is 5.78. The van der Waals surface area contributed by atoms with E-state index >= 15 is 0 Å². The van der Waals surface area contributed by atoms with Crippen molar-refractivity contribution in [2.75, 3.05) is 13.2 Å². The molecule has 0 amide bonds.